The highest BCUT2D eigenvalue weighted by atomic mass is 32.2. The average Bonchev–Trinajstić information content (AvgIpc) is 2.93. The summed E-state index contributed by atoms with van der Waals surface area (Å²) < 4.78 is 72.0. The minimum atomic E-state index is -4.69. The van der Waals surface area contributed by atoms with Gasteiger partial charge in [0.05, 0.1) is 33.9 Å². The lowest BCUT2D eigenvalue weighted by Gasteiger charge is -2.16. The zero-order chi connectivity index (χ0) is 21.4. The van der Waals surface area contributed by atoms with Crippen LogP contribution in [0.2, 0.25) is 0 Å². The average molecular weight is 428 g/mol. The standard InChI is InChI=1S/C18H15F3N2O5S/c1-2-7-28-15-6-3-10(18(19,20)21)8-14(15)23-29(26,27)11-4-5-12-13(9-11)17(25)22-16(12)24/h3-6,8-9,23H,2,7H2,1H3,(H,22,24,25). The number of carbonyl (C=O) groups is 2. The molecule has 0 unspecified atom stereocenters. The number of sulfonamides is 1. The number of fused-ring (bicyclic) bond motifs is 1. The zero-order valence-corrected chi connectivity index (χ0v) is 15.8. The lowest BCUT2D eigenvalue weighted by molar-refractivity contribution is -0.137. The minimum Gasteiger partial charge on any atom is -0.491 e. The maximum absolute atomic E-state index is 13.0. The van der Waals surface area contributed by atoms with E-state index in [1.807, 2.05) is 5.32 Å². The first kappa shape index (κ1) is 20.6. The van der Waals surface area contributed by atoms with Crippen LogP contribution in [0, 0.1) is 0 Å². The fourth-order valence-electron chi connectivity index (χ4n) is 2.64. The predicted octanol–water partition coefficient (Wildman–Crippen LogP) is 3.18. The first-order valence-electron chi connectivity index (χ1n) is 8.39. The van der Waals surface area contributed by atoms with E-state index in [0.717, 1.165) is 30.3 Å². The monoisotopic (exact) mass is 428 g/mol. The van der Waals surface area contributed by atoms with E-state index in [-0.39, 0.29) is 28.4 Å². The lowest BCUT2D eigenvalue weighted by Crippen LogP contribution is -2.20. The van der Waals surface area contributed by atoms with Gasteiger partial charge in [-0.15, -0.1) is 0 Å². The predicted molar refractivity (Wildman–Crippen MR) is 96.3 cm³/mol. The molecular formula is C18H15F3N2O5S. The van der Waals surface area contributed by atoms with E-state index in [9.17, 15) is 31.2 Å². The molecule has 11 heteroatoms. The molecule has 1 aliphatic heterocycles. The molecule has 0 bridgehead atoms. The van der Waals surface area contributed by atoms with Crippen LogP contribution in [0.15, 0.2) is 41.3 Å². The van der Waals surface area contributed by atoms with Gasteiger partial charge in [0.25, 0.3) is 21.8 Å². The molecule has 2 amide bonds. The molecule has 0 fully saturated rings. The number of anilines is 1. The zero-order valence-electron chi connectivity index (χ0n) is 15.0. The van der Waals surface area contributed by atoms with E-state index in [2.05, 4.69) is 4.72 Å². The van der Waals surface area contributed by atoms with Gasteiger partial charge in [-0.05, 0) is 42.8 Å². The molecule has 0 saturated heterocycles. The summed E-state index contributed by atoms with van der Waals surface area (Å²) in [7, 11) is -4.37. The van der Waals surface area contributed by atoms with Crippen molar-refractivity contribution in [3.8, 4) is 5.75 Å². The molecule has 0 aromatic heterocycles. The number of halogens is 3. The maximum atomic E-state index is 13.0. The molecule has 0 spiro atoms. The van der Waals surface area contributed by atoms with Crippen molar-refractivity contribution in [2.75, 3.05) is 11.3 Å². The van der Waals surface area contributed by atoms with Gasteiger partial charge < -0.3 is 4.74 Å². The van der Waals surface area contributed by atoms with Crippen LogP contribution in [0.25, 0.3) is 0 Å². The molecule has 2 aromatic rings. The van der Waals surface area contributed by atoms with Gasteiger partial charge in [-0.3, -0.25) is 19.6 Å². The van der Waals surface area contributed by atoms with Gasteiger partial charge in [-0.1, -0.05) is 6.92 Å². The molecule has 1 heterocycles. The first-order valence-corrected chi connectivity index (χ1v) is 9.88. The van der Waals surface area contributed by atoms with Crippen LogP contribution in [-0.4, -0.2) is 26.8 Å². The van der Waals surface area contributed by atoms with Crippen LogP contribution >= 0.6 is 0 Å². The number of amides is 2. The third kappa shape index (κ3) is 4.19. The summed E-state index contributed by atoms with van der Waals surface area (Å²) in [4.78, 5) is 22.9. The molecule has 2 N–H and O–H groups in total. The van der Waals surface area contributed by atoms with Crippen LogP contribution < -0.4 is 14.8 Å². The van der Waals surface area contributed by atoms with Crippen molar-refractivity contribution in [2.45, 2.75) is 24.4 Å². The second kappa shape index (κ2) is 7.39. The number of imide groups is 1. The fraction of sp³-hybridized carbons (Fsp3) is 0.222. The summed E-state index contributed by atoms with van der Waals surface area (Å²) in [6, 6.07) is 5.67. The molecule has 2 aromatic carbocycles. The van der Waals surface area contributed by atoms with Gasteiger partial charge in [-0.2, -0.15) is 13.2 Å². The number of rotatable bonds is 6. The second-order valence-corrected chi connectivity index (χ2v) is 7.84. The Hall–Kier alpha value is -3.08. The van der Waals surface area contributed by atoms with Gasteiger partial charge in [0.2, 0.25) is 0 Å². The molecule has 1 aliphatic rings. The van der Waals surface area contributed by atoms with Crippen LogP contribution in [0.1, 0.15) is 39.6 Å². The summed E-state index contributed by atoms with van der Waals surface area (Å²) in [6.45, 7) is 1.95. The van der Waals surface area contributed by atoms with E-state index in [4.69, 9.17) is 4.74 Å². The van der Waals surface area contributed by atoms with Gasteiger partial charge in [0, 0.05) is 0 Å². The SMILES string of the molecule is CCCOc1ccc(C(F)(F)F)cc1NS(=O)(=O)c1ccc2c(c1)C(=O)NC2=O. The minimum absolute atomic E-state index is 0.0139. The summed E-state index contributed by atoms with van der Waals surface area (Å²) >= 11 is 0. The van der Waals surface area contributed by atoms with Gasteiger partial charge in [-0.25, -0.2) is 8.42 Å². The third-order valence-corrected chi connectivity index (χ3v) is 5.39. The van der Waals surface area contributed by atoms with E-state index in [1.165, 1.54) is 0 Å². The quantitative estimate of drug-likeness (QED) is 0.689. The van der Waals surface area contributed by atoms with Crippen LogP contribution in [0.4, 0.5) is 18.9 Å². The number of ether oxygens (including phenoxy) is 1. The highest BCUT2D eigenvalue weighted by Gasteiger charge is 2.32. The molecule has 0 aliphatic carbocycles. The normalized spacial score (nSPS) is 13.8. The summed E-state index contributed by atoms with van der Waals surface area (Å²) in [5, 5.41) is 2.03. The molecule has 0 atom stereocenters. The fourth-order valence-corrected chi connectivity index (χ4v) is 3.73. The van der Waals surface area contributed by atoms with Crippen molar-refractivity contribution in [3.63, 3.8) is 0 Å². The molecule has 0 saturated carbocycles. The highest BCUT2D eigenvalue weighted by Crippen LogP contribution is 2.36. The number of alkyl halides is 3. The Morgan fingerprint density at radius 2 is 1.72 bits per heavy atom. The van der Waals surface area contributed by atoms with Crippen molar-refractivity contribution in [3.05, 3.63) is 53.1 Å². The second-order valence-electron chi connectivity index (χ2n) is 6.15. The topological polar surface area (TPSA) is 102 Å². The Morgan fingerprint density at radius 1 is 1.03 bits per heavy atom. The van der Waals surface area contributed by atoms with Crippen LogP contribution in [0.3, 0.4) is 0 Å². The Balaban J connectivity index is 2.00. The lowest BCUT2D eigenvalue weighted by atomic mass is 10.1. The molecule has 154 valence electrons. The summed E-state index contributed by atoms with van der Waals surface area (Å²) in [6.07, 6.45) is -4.13. The molecule has 7 nitrogen and oxygen atoms in total. The van der Waals surface area contributed by atoms with Crippen molar-refractivity contribution in [1.82, 2.24) is 5.32 Å². The van der Waals surface area contributed by atoms with Gasteiger partial charge >= 0.3 is 6.18 Å². The van der Waals surface area contributed by atoms with E-state index >= 15 is 0 Å². The van der Waals surface area contributed by atoms with Crippen LogP contribution in [0.5, 0.6) is 5.75 Å². The number of carbonyl (C=O) groups excluding carboxylic acids is 2. The Labute approximate surface area is 163 Å². The number of nitrogens with one attached hydrogen (secondary N) is 2. The Bertz CT molecular complexity index is 1100. The smallest absolute Gasteiger partial charge is 0.416 e. The van der Waals surface area contributed by atoms with Crippen molar-refractivity contribution < 1.29 is 35.9 Å². The summed E-state index contributed by atoms with van der Waals surface area (Å²) in [5.74, 6) is -1.49. The molecule has 3 rings (SSSR count). The van der Waals surface area contributed by atoms with Gasteiger partial charge in [0.15, 0.2) is 0 Å². The largest absolute Gasteiger partial charge is 0.491 e. The van der Waals surface area contributed by atoms with Crippen molar-refractivity contribution in [1.29, 1.82) is 0 Å². The number of hydrogen-bond acceptors (Lipinski definition) is 5. The first-order chi connectivity index (χ1) is 13.5. The number of hydrogen-bond donors (Lipinski definition) is 2. The van der Waals surface area contributed by atoms with Gasteiger partial charge in [0.1, 0.15) is 5.75 Å². The van der Waals surface area contributed by atoms with E-state index in [0.29, 0.717) is 12.5 Å². The van der Waals surface area contributed by atoms with Crippen molar-refractivity contribution >= 4 is 27.5 Å². The Morgan fingerprint density at radius 3 is 2.38 bits per heavy atom. The molecular weight excluding hydrogens is 413 g/mol. The molecule has 0 radical (unpaired) electrons. The third-order valence-electron chi connectivity index (χ3n) is 4.03. The summed E-state index contributed by atoms with van der Waals surface area (Å²) in [5.41, 5.74) is -1.57. The maximum Gasteiger partial charge on any atom is 0.416 e. The highest BCUT2D eigenvalue weighted by molar-refractivity contribution is 7.92. The van der Waals surface area contributed by atoms with E-state index < -0.39 is 39.3 Å². The van der Waals surface area contributed by atoms with E-state index in [1.54, 1.807) is 6.92 Å². The van der Waals surface area contributed by atoms with Crippen LogP contribution in [-0.2, 0) is 16.2 Å². The number of benzene rings is 2. The van der Waals surface area contributed by atoms with Crippen molar-refractivity contribution in [2.24, 2.45) is 0 Å². The Kier molecular flexibility index (Phi) is 5.26. The molecule has 29 heavy (non-hydrogen) atoms.